The molecule has 6 nitrogen and oxygen atoms in total. The summed E-state index contributed by atoms with van der Waals surface area (Å²) in [5, 5.41) is 4.61. The van der Waals surface area contributed by atoms with Crippen molar-refractivity contribution in [3.8, 4) is 0 Å². The second kappa shape index (κ2) is 5.53. The molecule has 0 atom stereocenters. The average Bonchev–Trinajstić information content (AvgIpc) is 3.08. The normalized spacial score (nSPS) is 15.4. The van der Waals surface area contributed by atoms with Crippen molar-refractivity contribution >= 4 is 29.0 Å². The molecule has 3 rings (SSSR count). The Labute approximate surface area is 125 Å². The molecule has 0 bridgehead atoms. The van der Waals surface area contributed by atoms with Crippen LogP contribution in [0.4, 0.5) is 10.5 Å². The van der Waals surface area contributed by atoms with Gasteiger partial charge in [-0.2, -0.15) is 4.99 Å². The number of anilines is 1. The number of nitrogens with zero attached hydrogens (tertiary/aromatic N) is 3. The molecule has 3 amide bonds. The largest absolute Gasteiger partial charge is 0.336 e. The Morgan fingerprint density at radius 3 is 2.95 bits per heavy atom. The molecule has 1 saturated heterocycles. The first kappa shape index (κ1) is 13.6. The van der Waals surface area contributed by atoms with E-state index in [1.807, 2.05) is 24.7 Å². The smallest absolute Gasteiger partial charge is 0.321 e. The Bertz CT molecular complexity index is 762. The third kappa shape index (κ3) is 2.73. The maximum atomic E-state index is 12.2. The van der Waals surface area contributed by atoms with Crippen LogP contribution < -0.4 is 15.0 Å². The second-order valence-electron chi connectivity index (χ2n) is 4.65. The van der Waals surface area contributed by atoms with Gasteiger partial charge in [-0.05, 0) is 18.2 Å². The summed E-state index contributed by atoms with van der Waals surface area (Å²) < 4.78 is 1.79. The number of hydrogen-bond donors (Lipinski definition) is 1. The van der Waals surface area contributed by atoms with Crippen LogP contribution in [0.15, 0.2) is 40.8 Å². The molecule has 2 aromatic rings. The summed E-state index contributed by atoms with van der Waals surface area (Å²) >= 11 is 1.40. The van der Waals surface area contributed by atoms with Crippen molar-refractivity contribution in [1.29, 1.82) is 0 Å². The molecule has 0 unspecified atom stereocenters. The van der Waals surface area contributed by atoms with Crippen molar-refractivity contribution < 1.29 is 9.59 Å². The molecule has 0 radical (unpaired) electrons. The Morgan fingerprint density at radius 2 is 2.29 bits per heavy atom. The van der Waals surface area contributed by atoms with Crippen LogP contribution >= 0.6 is 11.3 Å². The molecule has 21 heavy (non-hydrogen) atoms. The lowest BCUT2D eigenvalue weighted by Gasteiger charge is -2.14. The summed E-state index contributed by atoms with van der Waals surface area (Å²) in [6, 6.07) is 6.84. The Hall–Kier alpha value is -2.41. The number of urea groups is 1. The first-order chi connectivity index (χ1) is 10.1. The predicted octanol–water partition coefficient (Wildman–Crippen LogP) is 1.36. The molecule has 7 heteroatoms. The fourth-order valence-electron chi connectivity index (χ4n) is 2.11. The number of amides is 3. The SMILES string of the molecule is Cn1ccsc1=NC(=O)c1cccc(N2CCNC2=O)c1. The summed E-state index contributed by atoms with van der Waals surface area (Å²) in [7, 11) is 1.84. The summed E-state index contributed by atoms with van der Waals surface area (Å²) in [5.74, 6) is -0.311. The zero-order chi connectivity index (χ0) is 14.8. The standard InChI is InChI=1S/C14H14N4O2S/c1-17-7-8-21-14(17)16-12(19)10-3-2-4-11(9-10)18-6-5-15-13(18)20/h2-4,7-9H,5-6H2,1H3,(H,15,20). The number of thiazole rings is 1. The van der Waals surface area contributed by atoms with Gasteiger partial charge in [0.15, 0.2) is 4.80 Å². The minimum atomic E-state index is -0.311. The number of benzene rings is 1. The minimum absolute atomic E-state index is 0.138. The van der Waals surface area contributed by atoms with Crippen molar-refractivity contribution in [2.45, 2.75) is 0 Å². The van der Waals surface area contributed by atoms with Crippen LogP contribution in [0, 0.1) is 0 Å². The zero-order valence-electron chi connectivity index (χ0n) is 11.4. The van der Waals surface area contributed by atoms with E-state index in [9.17, 15) is 9.59 Å². The molecule has 0 saturated carbocycles. The number of aromatic nitrogens is 1. The highest BCUT2D eigenvalue weighted by atomic mass is 32.1. The van der Waals surface area contributed by atoms with Crippen LogP contribution in [0.2, 0.25) is 0 Å². The quantitative estimate of drug-likeness (QED) is 0.910. The highest BCUT2D eigenvalue weighted by Crippen LogP contribution is 2.18. The van der Waals surface area contributed by atoms with Gasteiger partial charge in [0, 0.05) is 43.0 Å². The van der Waals surface area contributed by atoms with E-state index < -0.39 is 0 Å². The van der Waals surface area contributed by atoms with E-state index in [4.69, 9.17) is 0 Å². The third-order valence-corrected chi connectivity index (χ3v) is 4.07. The highest BCUT2D eigenvalue weighted by Gasteiger charge is 2.21. The molecule has 1 fully saturated rings. The van der Waals surface area contributed by atoms with Crippen LogP contribution in [0.3, 0.4) is 0 Å². The molecule has 1 aromatic heterocycles. The molecule has 0 spiro atoms. The lowest BCUT2D eigenvalue weighted by atomic mass is 10.2. The van der Waals surface area contributed by atoms with Crippen LogP contribution in [-0.2, 0) is 7.05 Å². The van der Waals surface area contributed by atoms with Gasteiger partial charge in [0.2, 0.25) is 0 Å². The summed E-state index contributed by atoms with van der Waals surface area (Å²) in [4.78, 5) is 30.2. The molecule has 2 heterocycles. The number of rotatable bonds is 2. The van der Waals surface area contributed by atoms with E-state index in [2.05, 4.69) is 10.3 Å². The molecule has 108 valence electrons. The molecule has 1 N–H and O–H groups in total. The third-order valence-electron chi connectivity index (χ3n) is 3.22. The maximum Gasteiger partial charge on any atom is 0.321 e. The van der Waals surface area contributed by atoms with Gasteiger partial charge in [-0.1, -0.05) is 6.07 Å². The molecule has 1 aromatic carbocycles. The molecular formula is C14H14N4O2S. The van der Waals surface area contributed by atoms with E-state index in [1.54, 1.807) is 27.7 Å². The monoisotopic (exact) mass is 302 g/mol. The van der Waals surface area contributed by atoms with Crippen LogP contribution in [0.5, 0.6) is 0 Å². The Kier molecular flexibility index (Phi) is 3.57. The lowest BCUT2D eigenvalue weighted by Crippen LogP contribution is -2.27. The van der Waals surface area contributed by atoms with Crippen molar-refractivity contribution in [2.75, 3.05) is 18.0 Å². The van der Waals surface area contributed by atoms with Gasteiger partial charge in [-0.3, -0.25) is 9.69 Å². The molecule has 0 aliphatic carbocycles. The van der Waals surface area contributed by atoms with Crippen molar-refractivity contribution in [2.24, 2.45) is 12.0 Å². The number of aryl methyl sites for hydroxylation is 1. The van der Waals surface area contributed by atoms with Gasteiger partial charge in [0.1, 0.15) is 0 Å². The predicted molar refractivity (Wildman–Crippen MR) is 80.4 cm³/mol. The van der Waals surface area contributed by atoms with Gasteiger partial charge in [-0.15, -0.1) is 11.3 Å². The van der Waals surface area contributed by atoms with Crippen LogP contribution in [0.1, 0.15) is 10.4 Å². The first-order valence-electron chi connectivity index (χ1n) is 6.50. The second-order valence-corrected chi connectivity index (χ2v) is 5.52. The van der Waals surface area contributed by atoms with Crippen molar-refractivity contribution in [1.82, 2.24) is 9.88 Å². The first-order valence-corrected chi connectivity index (χ1v) is 7.38. The topological polar surface area (TPSA) is 66.7 Å². The van der Waals surface area contributed by atoms with E-state index in [0.29, 0.717) is 29.1 Å². The van der Waals surface area contributed by atoms with Gasteiger partial charge >= 0.3 is 6.03 Å². The van der Waals surface area contributed by atoms with Crippen LogP contribution in [0.25, 0.3) is 0 Å². The van der Waals surface area contributed by atoms with E-state index in [1.165, 1.54) is 11.3 Å². The lowest BCUT2D eigenvalue weighted by molar-refractivity contribution is 0.0998. The summed E-state index contributed by atoms with van der Waals surface area (Å²) in [5.41, 5.74) is 1.18. The zero-order valence-corrected chi connectivity index (χ0v) is 12.3. The average molecular weight is 302 g/mol. The van der Waals surface area contributed by atoms with E-state index >= 15 is 0 Å². The fraction of sp³-hybridized carbons (Fsp3) is 0.214. The van der Waals surface area contributed by atoms with Gasteiger partial charge in [-0.25, -0.2) is 4.79 Å². The Balaban J connectivity index is 1.91. The fourth-order valence-corrected chi connectivity index (χ4v) is 2.84. The molecular weight excluding hydrogens is 288 g/mol. The van der Waals surface area contributed by atoms with Crippen molar-refractivity contribution in [3.05, 3.63) is 46.2 Å². The van der Waals surface area contributed by atoms with Crippen molar-refractivity contribution in [3.63, 3.8) is 0 Å². The van der Waals surface area contributed by atoms with Crippen LogP contribution in [-0.4, -0.2) is 29.6 Å². The van der Waals surface area contributed by atoms with E-state index in [-0.39, 0.29) is 11.9 Å². The summed E-state index contributed by atoms with van der Waals surface area (Å²) in [6.45, 7) is 1.22. The number of nitrogens with one attached hydrogen (secondary N) is 1. The highest BCUT2D eigenvalue weighted by molar-refractivity contribution is 7.07. The maximum absolute atomic E-state index is 12.2. The molecule has 1 aliphatic heterocycles. The number of hydrogen-bond acceptors (Lipinski definition) is 3. The van der Waals surface area contributed by atoms with Gasteiger partial charge < -0.3 is 9.88 Å². The molecule has 1 aliphatic rings. The van der Waals surface area contributed by atoms with Gasteiger partial charge in [0.25, 0.3) is 5.91 Å². The van der Waals surface area contributed by atoms with Gasteiger partial charge in [0.05, 0.1) is 0 Å². The summed E-state index contributed by atoms with van der Waals surface area (Å²) in [6.07, 6.45) is 1.85. The number of carbonyl (C=O) groups is 2. The number of carbonyl (C=O) groups excluding carboxylic acids is 2. The minimum Gasteiger partial charge on any atom is -0.336 e. The Morgan fingerprint density at radius 1 is 1.43 bits per heavy atom. The van der Waals surface area contributed by atoms with E-state index in [0.717, 1.165) is 0 Å².